The van der Waals surface area contributed by atoms with Gasteiger partial charge in [-0.05, 0) is 23.2 Å². The number of carbonyl (C=O) groups excluding carboxylic acids is 1. The van der Waals surface area contributed by atoms with E-state index in [2.05, 4.69) is 55.0 Å². The van der Waals surface area contributed by atoms with E-state index in [9.17, 15) is 4.79 Å². The van der Waals surface area contributed by atoms with Crippen LogP contribution in [0.25, 0.3) is 10.9 Å². The van der Waals surface area contributed by atoms with Crippen LogP contribution in [0.3, 0.4) is 0 Å². The van der Waals surface area contributed by atoms with Crippen LogP contribution in [0, 0.1) is 0 Å². The van der Waals surface area contributed by atoms with Crippen LogP contribution in [-0.2, 0) is 27.3 Å². The maximum atomic E-state index is 12.5. The molecule has 4 nitrogen and oxygen atoms in total. The van der Waals surface area contributed by atoms with Gasteiger partial charge in [0, 0.05) is 31.6 Å². The summed E-state index contributed by atoms with van der Waals surface area (Å²) in [6, 6.07) is 19.3. The fourth-order valence-corrected chi connectivity index (χ4v) is 5.30. The predicted octanol–water partition coefficient (Wildman–Crippen LogP) is 6.13. The molecule has 0 spiro atoms. The minimum atomic E-state index is -1.35. The minimum Gasteiger partial charge on any atom is -0.465 e. The fraction of sp³-hybridized carbons (Fsp3) is 0.346. The van der Waals surface area contributed by atoms with Gasteiger partial charge in [-0.2, -0.15) is 0 Å². The summed E-state index contributed by atoms with van der Waals surface area (Å²) in [6.07, 6.45) is 5.12. The van der Waals surface area contributed by atoms with E-state index >= 15 is 0 Å². The summed E-state index contributed by atoms with van der Waals surface area (Å²) < 4.78 is 11.4. The standard InChI is InChI=1S/C26H33NO3Si/c1-31(2,3)20-22(13-15-29-19-21-9-5-4-6-10-21)17-26(28)30-16-14-23-18-27-25-12-8-7-11-24(23)25/h4-13,18,27H,14-17,19-20H2,1-3H3/b22-13-. The van der Waals surface area contributed by atoms with Crippen LogP contribution >= 0.6 is 0 Å². The van der Waals surface area contributed by atoms with E-state index in [1.54, 1.807) is 0 Å². The third-order valence-electron chi connectivity index (χ3n) is 5.04. The number of aromatic nitrogens is 1. The van der Waals surface area contributed by atoms with Crippen molar-refractivity contribution in [3.8, 4) is 0 Å². The fourth-order valence-electron chi connectivity index (χ4n) is 3.67. The number of aromatic amines is 1. The molecule has 0 aliphatic rings. The molecule has 1 aromatic heterocycles. The molecule has 0 saturated carbocycles. The molecule has 0 radical (unpaired) electrons. The number of hydrogen-bond acceptors (Lipinski definition) is 3. The van der Waals surface area contributed by atoms with Gasteiger partial charge in [0.1, 0.15) is 0 Å². The van der Waals surface area contributed by atoms with E-state index < -0.39 is 8.07 Å². The van der Waals surface area contributed by atoms with Crippen molar-refractivity contribution in [2.24, 2.45) is 0 Å². The van der Waals surface area contributed by atoms with Crippen LogP contribution in [0.4, 0.5) is 0 Å². The first-order valence-corrected chi connectivity index (χ1v) is 14.6. The highest BCUT2D eigenvalue weighted by Crippen LogP contribution is 2.21. The molecule has 0 fully saturated rings. The molecule has 0 aliphatic heterocycles. The molecule has 5 heteroatoms. The van der Waals surface area contributed by atoms with Crippen molar-refractivity contribution < 1.29 is 14.3 Å². The molecule has 0 saturated heterocycles. The van der Waals surface area contributed by atoms with Crippen molar-refractivity contribution in [1.29, 1.82) is 0 Å². The lowest BCUT2D eigenvalue weighted by Gasteiger charge is -2.18. The van der Waals surface area contributed by atoms with Crippen molar-refractivity contribution in [2.45, 2.75) is 45.1 Å². The Morgan fingerprint density at radius 3 is 2.55 bits per heavy atom. The number of para-hydroxylation sites is 1. The van der Waals surface area contributed by atoms with Crippen LogP contribution in [0.5, 0.6) is 0 Å². The molecule has 1 N–H and O–H groups in total. The predicted molar refractivity (Wildman–Crippen MR) is 130 cm³/mol. The van der Waals surface area contributed by atoms with Gasteiger partial charge in [0.25, 0.3) is 0 Å². The van der Waals surface area contributed by atoms with E-state index in [0.29, 0.717) is 32.7 Å². The minimum absolute atomic E-state index is 0.160. The van der Waals surface area contributed by atoms with Gasteiger partial charge in [-0.15, -0.1) is 0 Å². The second-order valence-electron chi connectivity index (χ2n) is 9.11. The molecule has 0 unspecified atom stereocenters. The third-order valence-corrected chi connectivity index (χ3v) is 6.55. The molecule has 164 valence electrons. The molecule has 0 atom stereocenters. The lowest BCUT2D eigenvalue weighted by molar-refractivity contribution is -0.142. The third kappa shape index (κ3) is 7.85. The van der Waals surface area contributed by atoms with Gasteiger partial charge in [0.2, 0.25) is 0 Å². The average Bonchev–Trinajstić information content (AvgIpc) is 3.14. The maximum Gasteiger partial charge on any atom is 0.309 e. The van der Waals surface area contributed by atoms with Crippen molar-refractivity contribution in [3.63, 3.8) is 0 Å². The zero-order valence-electron chi connectivity index (χ0n) is 18.8. The first-order chi connectivity index (χ1) is 14.9. The molecule has 3 aromatic rings. The van der Waals surface area contributed by atoms with E-state index in [0.717, 1.165) is 22.7 Å². The highest BCUT2D eigenvalue weighted by molar-refractivity contribution is 6.76. The zero-order valence-corrected chi connectivity index (χ0v) is 19.8. The highest BCUT2D eigenvalue weighted by atomic mass is 28.3. The molecule has 31 heavy (non-hydrogen) atoms. The molecule has 0 bridgehead atoms. The van der Waals surface area contributed by atoms with E-state index in [4.69, 9.17) is 9.47 Å². The Kier molecular flexibility index (Phi) is 8.26. The summed E-state index contributed by atoms with van der Waals surface area (Å²) in [6.45, 7) is 8.42. The van der Waals surface area contributed by atoms with Gasteiger partial charge in [0.05, 0.1) is 26.2 Å². The summed E-state index contributed by atoms with van der Waals surface area (Å²) in [5.41, 5.74) is 4.57. The number of rotatable bonds is 11. The molecule has 2 aromatic carbocycles. The van der Waals surface area contributed by atoms with Crippen LogP contribution in [0.2, 0.25) is 25.7 Å². The molecule has 1 heterocycles. The highest BCUT2D eigenvalue weighted by Gasteiger charge is 2.18. The van der Waals surface area contributed by atoms with Crippen molar-refractivity contribution in [3.05, 3.63) is 83.6 Å². The van der Waals surface area contributed by atoms with Crippen molar-refractivity contribution in [1.82, 2.24) is 4.98 Å². The Morgan fingerprint density at radius 2 is 1.77 bits per heavy atom. The van der Waals surface area contributed by atoms with Crippen LogP contribution in [-0.4, -0.2) is 32.2 Å². The lowest BCUT2D eigenvalue weighted by Crippen LogP contribution is -2.21. The summed E-state index contributed by atoms with van der Waals surface area (Å²) in [5, 5.41) is 1.19. The SMILES string of the molecule is C[Si](C)(C)C/C(=C\COCc1ccccc1)CC(=O)OCCc1c[nH]c2ccccc12. The second kappa shape index (κ2) is 11.1. The van der Waals surface area contributed by atoms with Crippen LogP contribution < -0.4 is 0 Å². The van der Waals surface area contributed by atoms with Crippen LogP contribution in [0.1, 0.15) is 17.5 Å². The lowest BCUT2D eigenvalue weighted by atomic mass is 10.1. The Hall–Kier alpha value is -2.63. The summed E-state index contributed by atoms with van der Waals surface area (Å²) in [5.74, 6) is -0.160. The monoisotopic (exact) mass is 435 g/mol. The average molecular weight is 436 g/mol. The first kappa shape index (κ1) is 23.0. The topological polar surface area (TPSA) is 51.3 Å². The van der Waals surface area contributed by atoms with Gasteiger partial charge >= 0.3 is 5.97 Å². The zero-order chi connectivity index (χ0) is 22.1. The largest absolute Gasteiger partial charge is 0.465 e. The Balaban J connectivity index is 1.49. The first-order valence-electron chi connectivity index (χ1n) is 10.9. The quantitative estimate of drug-likeness (QED) is 0.171. The van der Waals surface area contributed by atoms with Gasteiger partial charge < -0.3 is 14.5 Å². The normalized spacial score (nSPS) is 12.3. The van der Waals surface area contributed by atoms with E-state index in [1.807, 2.05) is 36.5 Å². The number of esters is 1. The Labute approximate surface area is 186 Å². The van der Waals surface area contributed by atoms with Crippen LogP contribution in [0.15, 0.2) is 72.4 Å². The Bertz CT molecular complexity index is 1000. The number of carbonyl (C=O) groups is 1. The van der Waals surface area contributed by atoms with E-state index in [-0.39, 0.29) is 5.97 Å². The number of H-pyrrole nitrogens is 1. The molecular weight excluding hydrogens is 402 g/mol. The number of benzene rings is 2. The molecule has 3 rings (SSSR count). The summed E-state index contributed by atoms with van der Waals surface area (Å²) in [7, 11) is -1.35. The summed E-state index contributed by atoms with van der Waals surface area (Å²) >= 11 is 0. The van der Waals surface area contributed by atoms with Crippen molar-refractivity contribution >= 4 is 24.9 Å². The second-order valence-corrected chi connectivity index (χ2v) is 14.6. The molecular formula is C26H33NO3Si. The number of hydrogen-bond donors (Lipinski definition) is 1. The Morgan fingerprint density at radius 1 is 1.03 bits per heavy atom. The smallest absolute Gasteiger partial charge is 0.309 e. The number of ether oxygens (including phenoxy) is 2. The van der Waals surface area contributed by atoms with Gasteiger partial charge in [-0.25, -0.2) is 0 Å². The molecule has 0 amide bonds. The van der Waals surface area contributed by atoms with E-state index in [1.165, 1.54) is 10.9 Å². The summed E-state index contributed by atoms with van der Waals surface area (Å²) in [4.78, 5) is 15.8. The van der Waals surface area contributed by atoms with Crippen molar-refractivity contribution in [2.75, 3.05) is 13.2 Å². The maximum absolute atomic E-state index is 12.5. The molecule has 0 aliphatic carbocycles. The van der Waals surface area contributed by atoms with Gasteiger partial charge in [0.15, 0.2) is 0 Å². The van der Waals surface area contributed by atoms with Gasteiger partial charge in [-0.3, -0.25) is 4.79 Å². The number of nitrogens with one attached hydrogen (secondary N) is 1. The van der Waals surface area contributed by atoms with Gasteiger partial charge in [-0.1, -0.05) is 79.8 Å². The number of fused-ring (bicyclic) bond motifs is 1.